The van der Waals surface area contributed by atoms with Crippen LogP contribution in [0.1, 0.15) is 77.7 Å². The van der Waals surface area contributed by atoms with Crippen molar-refractivity contribution in [2.75, 3.05) is 5.32 Å². The molecule has 3 amide bonds. The lowest BCUT2D eigenvalue weighted by Gasteiger charge is -2.20. The average molecular weight is 471 g/mol. The molecule has 0 saturated heterocycles. The molecule has 0 aliphatic carbocycles. The molecule has 3 aromatic rings. The number of rotatable bonds is 6. The van der Waals surface area contributed by atoms with Crippen LogP contribution in [-0.4, -0.2) is 28.7 Å². The van der Waals surface area contributed by atoms with Crippen LogP contribution in [0.5, 0.6) is 11.5 Å². The number of nitrogens with zero attached hydrogens (tertiary/aromatic N) is 1. The fraction of sp³-hybridized carbons (Fsp3) is 0.276. The zero-order chi connectivity index (χ0) is 25.3. The molecular formula is C29H30N2O4. The number of amides is 3. The highest BCUT2D eigenvalue weighted by Gasteiger charge is 2.38. The predicted octanol–water partition coefficient (Wildman–Crippen LogP) is 6.42. The average Bonchev–Trinajstić information content (AvgIpc) is 3.09. The maximum Gasteiger partial charge on any atom is 0.261 e. The van der Waals surface area contributed by atoms with E-state index in [4.69, 9.17) is 4.74 Å². The Labute approximate surface area is 205 Å². The molecule has 6 heteroatoms. The lowest BCUT2D eigenvalue weighted by Crippen LogP contribution is -2.37. The molecule has 1 heterocycles. The lowest BCUT2D eigenvalue weighted by molar-refractivity contribution is 0.0593. The van der Waals surface area contributed by atoms with Crippen LogP contribution in [0.4, 0.5) is 5.69 Å². The molecule has 0 saturated carbocycles. The second-order valence-corrected chi connectivity index (χ2v) is 9.85. The molecule has 0 bridgehead atoms. The summed E-state index contributed by atoms with van der Waals surface area (Å²) in [4.78, 5) is 39.4. The summed E-state index contributed by atoms with van der Waals surface area (Å²) in [6, 6.07) is 19.5. The van der Waals surface area contributed by atoms with Crippen molar-refractivity contribution in [1.29, 1.82) is 0 Å². The van der Waals surface area contributed by atoms with Gasteiger partial charge in [-0.1, -0.05) is 39.8 Å². The first kappa shape index (κ1) is 24.2. The monoisotopic (exact) mass is 470 g/mol. The molecule has 6 nitrogen and oxygen atoms in total. The van der Waals surface area contributed by atoms with Crippen LogP contribution in [0.15, 0.2) is 66.7 Å². The third kappa shape index (κ3) is 4.97. The highest BCUT2D eigenvalue weighted by molar-refractivity contribution is 6.22. The third-order valence-electron chi connectivity index (χ3n) is 6.28. The van der Waals surface area contributed by atoms with Crippen molar-refractivity contribution in [1.82, 2.24) is 4.90 Å². The molecule has 4 rings (SSSR count). The van der Waals surface area contributed by atoms with Gasteiger partial charge < -0.3 is 10.1 Å². The quantitative estimate of drug-likeness (QED) is 0.422. The molecule has 0 fully saturated rings. The van der Waals surface area contributed by atoms with Gasteiger partial charge in [-0.05, 0) is 78.9 Å². The smallest absolute Gasteiger partial charge is 0.261 e. The maximum atomic E-state index is 12.8. The minimum absolute atomic E-state index is 0.0767. The number of benzene rings is 3. The van der Waals surface area contributed by atoms with E-state index < -0.39 is 0 Å². The van der Waals surface area contributed by atoms with E-state index in [0.29, 0.717) is 29.0 Å². The molecule has 0 aromatic heterocycles. The standard InChI is InChI=1S/C29H30N2O4/c1-6-18(2)31-27(33)24-16-7-19(17-25(24)28(31)34)26(32)30-21-10-14-23(15-11-21)35-22-12-8-20(9-13-22)29(3,4)5/h7-18H,6H2,1-5H3,(H,30,32). The highest BCUT2D eigenvalue weighted by atomic mass is 16.5. The number of imide groups is 1. The molecular weight excluding hydrogens is 440 g/mol. The van der Waals surface area contributed by atoms with Crippen molar-refractivity contribution in [3.05, 3.63) is 89.0 Å². The van der Waals surface area contributed by atoms with Crippen molar-refractivity contribution in [2.45, 2.75) is 52.5 Å². The molecule has 1 aliphatic rings. The van der Waals surface area contributed by atoms with Gasteiger partial charge in [0.05, 0.1) is 11.1 Å². The number of carbonyl (C=O) groups is 3. The first-order valence-electron chi connectivity index (χ1n) is 11.8. The van der Waals surface area contributed by atoms with Crippen molar-refractivity contribution in [3.8, 4) is 11.5 Å². The van der Waals surface area contributed by atoms with Crippen molar-refractivity contribution in [3.63, 3.8) is 0 Å². The van der Waals surface area contributed by atoms with E-state index in [9.17, 15) is 14.4 Å². The molecule has 1 atom stereocenters. The fourth-order valence-electron chi connectivity index (χ4n) is 3.95. The van der Waals surface area contributed by atoms with E-state index in [0.717, 1.165) is 5.75 Å². The Hall–Kier alpha value is -3.93. The molecule has 35 heavy (non-hydrogen) atoms. The van der Waals surface area contributed by atoms with Gasteiger partial charge in [-0.25, -0.2) is 0 Å². The first-order chi connectivity index (χ1) is 16.6. The number of fused-ring (bicyclic) bond motifs is 1. The molecule has 0 radical (unpaired) electrons. The first-order valence-corrected chi connectivity index (χ1v) is 11.8. The number of hydrogen-bond acceptors (Lipinski definition) is 4. The second kappa shape index (κ2) is 9.37. The van der Waals surface area contributed by atoms with Crippen LogP contribution in [0, 0.1) is 0 Å². The van der Waals surface area contributed by atoms with Gasteiger partial charge >= 0.3 is 0 Å². The molecule has 0 spiro atoms. The number of carbonyl (C=O) groups excluding carboxylic acids is 3. The number of nitrogens with one attached hydrogen (secondary N) is 1. The van der Waals surface area contributed by atoms with E-state index >= 15 is 0 Å². The van der Waals surface area contributed by atoms with Gasteiger partial charge in [0.2, 0.25) is 0 Å². The van der Waals surface area contributed by atoms with Crippen LogP contribution >= 0.6 is 0 Å². The Bertz CT molecular complexity index is 1270. The Morgan fingerprint density at radius 1 is 0.886 bits per heavy atom. The molecule has 1 aliphatic heterocycles. The second-order valence-electron chi connectivity index (χ2n) is 9.85. The van der Waals surface area contributed by atoms with Gasteiger partial charge in [0, 0.05) is 17.3 Å². The SMILES string of the molecule is CCC(C)N1C(=O)c2ccc(C(=O)Nc3ccc(Oc4ccc(C(C)(C)C)cc4)cc3)cc2C1=O. The Morgan fingerprint density at radius 2 is 1.46 bits per heavy atom. The van der Waals surface area contributed by atoms with Crippen molar-refractivity contribution < 1.29 is 19.1 Å². The van der Waals surface area contributed by atoms with Crippen LogP contribution in [0.2, 0.25) is 0 Å². The minimum Gasteiger partial charge on any atom is -0.457 e. The lowest BCUT2D eigenvalue weighted by atomic mass is 9.87. The highest BCUT2D eigenvalue weighted by Crippen LogP contribution is 2.29. The Kier molecular flexibility index (Phi) is 6.48. The van der Waals surface area contributed by atoms with Gasteiger partial charge in [0.1, 0.15) is 11.5 Å². The van der Waals surface area contributed by atoms with E-state index in [2.05, 4.69) is 38.2 Å². The fourth-order valence-corrected chi connectivity index (χ4v) is 3.95. The summed E-state index contributed by atoms with van der Waals surface area (Å²) in [6.07, 6.45) is 0.667. The zero-order valence-electron chi connectivity index (χ0n) is 20.7. The van der Waals surface area contributed by atoms with Gasteiger partial charge in [-0.3, -0.25) is 19.3 Å². The van der Waals surface area contributed by atoms with Crippen LogP contribution < -0.4 is 10.1 Å². The van der Waals surface area contributed by atoms with Gasteiger partial charge in [-0.15, -0.1) is 0 Å². The summed E-state index contributed by atoms with van der Waals surface area (Å²) in [5, 5.41) is 2.83. The number of hydrogen-bond donors (Lipinski definition) is 1. The van der Waals surface area contributed by atoms with Crippen LogP contribution in [0.3, 0.4) is 0 Å². The number of anilines is 1. The summed E-state index contributed by atoms with van der Waals surface area (Å²) in [6.45, 7) is 10.3. The Balaban J connectivity index is 1.43. The zero-order valence-corrected chi connectivity index (χ0v) is 20.7. The molecule has 180 valence electrons. The van der Waals surface area contributed by atoms with Gasteiger partial charge in [0.15, 0.2) is 0 Å². The van der Waals surface area contributed by atoms with E-state index in [1.54, 1.807) is 36.4 Å². The van der Waals surface area contributed by atoms with Crippen molar-refractivity contribution in [2.24, 2.45) is 0 Å². The van der Waals surface area contributed by atoms with E-state index in [1.807, 2.05) is 26.0 Å². The summed E-state index contributed by atoms with van der Waals surface area (Å²) >= 11 is 0. The number of ether oxygens (including phenoxy) is 1. The normalized spacial score (nSPS) is 14.0. The van der Waals surface area contributed by atoms with Gasteiger partial charge in [-0.2, -0.15) is 0 Å². The van der Waals surface area contributed by atoms with Gasteiger partial charge in [0.25, 0.3) is 17.7 Å². The van der Waals surface area contributed by atoms with Crippen LogP contribution in [-0.2, 0) is 5.41 Å². The predicted molar refractivity (Wildman–Crippen MR) is 136 cm³/mol. The molecule has 3 aromatic carbocycles. The third-order valence-corrected chi connectivity index (χ3v) is 6.28. The largest absolute Gasteiger partial charge is 0.457 e. The minimum atomic E-state index is -0.360. The topological polar surface area (TPSA) is 75.7 Å². The summed E-state index contributed by atoms with van der Waals surface area (Å²) in [5.41, 5.74) is 2.82. The molecule has 1 N–H and O–H groups in total. The maximum absolute atomic E-state index is 12.8. The Morgan fingerprint density at radius 3 is 2.03 bits per heavy atom. The van der Waals surface area contributed by atoms with Crippen molar-refractivity contribution >= 4 is 23.4 Å². The van der Waals surface area contributed by atoms with Crippen LogP contribution in [0.25, 0.3) is 0 Å². The van der Waals surface area contributed by atoms with E-state index in [1.165, 1.54) is 16.5 Å². The summed E-state index contributed by atoms with van der Waals surface area (Å²) < 4.78 is 5.91. The summed E-state index contributed by atoms with van der Waals surface area (Å²) in [5.74, 6) is 0.360. The summed E-state index contributed by atoms with van der Waals surface area (Å²) in [7, 11) is 0. The van der Waals surface area contributed by atoms with E-state index in [-0.39, 0.29) is 34.7 Å². The molecule has 1 unspecified atom stereocenters.